The lowest BCUT2D eigenvalue weighted by atomic mass is 10.1. The highest BCUT2D eigenvalue weighted by atomic mass is 32.2. The van der Waals surface area contributed by atoms with Crippen molar-refractivity contribution in [2.24, 2.45) is 0 Å². The molecule has 1 heterocycles. The molecule has 1 fully saturated rings. The van der Waals surface area contributed by atoms with Crippen LogP contribution < -0.4 is 10.6 Å². The summed E-state index contributed by atoms with van der Waals surface area (Å²) in [6, 6.07) is 14.9. The van der Waals surface area contributed by atoms with Gasteiger partial charge in [0.05, 0.1) is 6.61 Å². The highest BCUT2D eigenvalue weighted by Crippen LogP contribution is 2.22. The lowest BCUT2D eigenvalue weighted by molar-refractivity contribution is -0.134. The van der Waals surface area contributed by atoms with Gasteiger partial charge < -0.3 is 15.4 Å². The molecule has 1 unspecified atom stereocenters. The van der Waals surface area contributed by atoms with E-state index in [0.717, 1.165) is 18.1 Å². The van der Waals surface area contributed by atoms with Gasteiger partial charge in [-0.25, -0.2) is 0 Å². The lowest BCUT2D eigenvalue weighted by Crippen LogP contribution is -2.48. The number of hydrogen-bond donors (Lipinski definition) is 2. The molecule has 0 aromatic heterocycles. The Morgan fingerprint density at radius 2 is 2.13 bits per heavy atom. The molecule has 2 aromatic rings. The van der Waals surface area contributed by atoms with E-state index in [-0.39, 0.29) is 12.0 Å². The van der Waals surface area contributed by atoms with Crippen LogP contribution in [0.25, 0.3) is 10.8 Å². The normalized spacial score (nSPS) is 18.0. The van der Waals surface area contributed by atoms with E-state index in [4.69, 9.17) is 4.74 Å². The van der Waals surface area contributed by atoms with Gasteiger partial charge in [0.15, 0.2) is 0 Å². The Morgan fingerprint density at radius 1 is 1.26 bits per heavy atom. The summed E-state index contributed by atoms with van der Waals surface area (Å²) in [5.74, 6) is 1.84. The van der Waals surface area contributed by atoms with Gasteiger partial charge in [0.25, 0.3) is 0 Å². The Morgan fingerprint density at radius 3 is 3.00 bits per heavy atom. The second-order valence-corrected chi connectivity index (χ2v) is 6.65. The van der Waals surface area contributed by atoms with Crippen LogP contribution in [-0.2, 0) is 15.3 Å². The maximum absolute atomic E-state index is 11.9. The Labute approximate surface area is 141 Å². The fourth-order valence-corrected chi connectivity index (χ4v) is 3.56. The number of rotatable bonds is 6. The van der Waals surface area contributed by atoms with E-state index in [2.05, 4.69) is 53.1 Å². The van der Waals surface area contributed by atoms with E-state index in [1.807, 2.05) is 11.8 Å². The average Bonchev–Trinajstić information content (AvgIpc) is 2.62. The number of fused-ring (bicyclic) bond motifs is 1. The first-order valence-electron chi connectivity index (χ1n) is 7.99. The zero-order chi connectivity index (χ0) is 15.9. The standard InChI is InChI=1S/C18H22N2O2S/c21-18(17-12-19-8-10-22-17)20-9-11-23-13-15-6-3-5-14-4-1-2-7-16(14)15/h1-7,17,19H,8-13H2,(H,20,21). The van der Waals surface area contributed by atoms with Crippen molar-refractivity contribution in [3.8, 4) is 0 Å². The van der Waals surface area contributed by atoms with Crippen LogP contribution in [0.1, 0.15) is 5.56 Å². The summed E-state index contributed by atoms with van der Waals surface area (Å²) in [5.41, 5.74) is 1.35. The van der Waals surface area contributed by atoms with Crippen LogP contribution in [0.5, 0.6) is 0 Å². The summed E-state index contributed by atoms with van der Waals surface area (Å²) in [6.45, 7) is 2.71. The second kappa shape index (κ2) is 8.34. The number of thioether (sulfide) groups is 1. The molecule has 0 bridgehead atoms. The van der Waals surface area contributed by atoms with Crippen LogP contribution in [-0.4, -0.2) is 44.0 Å². The highest BCUT2D eigenvalue weighted by molar-refractivity contribution is 7.98. The van der Waals surface area contributed by atoms with Gasteiger partial charge in [0, 0.05) is 31.1 Å². The van der Waals surface area contributed by atoms with Crippen LogP contribution in [0, 0.1) is 0 Å². The van der Waals surface area contributed by atoms with Gasteiger partial charge in [-0.15, -0.1) is 0 Å². The van der Waals surface area contributed by atoms with E-state index >= 15 is 0 Å². The van der Waals surface area contributed by atoms with E-state index in [9.17, 15) is 4.79 Å². The third-order valence-electron chi connectivity index (χ3n) is 3.90. The molecule has 2 N–H and O–H groups in total. The first-order valence-corrected chi connectivity index (χ1v) is 9.14. The fraction of sp³-hybridized carbons (Fsp3) is 0.389. The van der Waals surface area contributed by atoms with Crippen molar-refractivity contribution in [2.75, 3.05) is 32.0 Å². The fourth-order valence-electron chi connectivity index (χ4n) is 2.69. The van der Waals surface area contributed by atoms with Crippen molar-refractivity contribution in [3.05, 3.63) is 48.0 Å². The molecule has 1 amide bonds. The van der Waals surface area contributed by atoms with Crippen LogP contribution >= 0.6 is 11.8 Å². The predicted molar refractivity (Wildman–Crippen MR) is 95.7 cm³/mol. The molecular weight excluding hydrogens is 308 g/mol. The molecule has 1 atom stereocenters. The summed E-state index contributed by atoms with van der Waals surface area (Å²) in [5, 5.41) is 8.71. The third-order valence-corrected chi connectivity index (χ3v) is 4.91. The van der Waals surface area contributed by atoms with Gasteiger partial charge in [0.1, 0.15) is 6.10 Å². The SMILES string of the molecule is O=C(NCCSCc1cccc2ccccc12)C1CNCCO1. The molecule has 23 heavy (non-hydrogen) atoms. The smallest absolute Gasteiger partial charge is 0.250 e. The number of morpholine rings is 1. The van der Waals surface area contributed by atoms with Crippen LogP contribution in [0.4, 0.5) is 0 Å². The minimum atomic E-state index is -0.341. The molecule has 1 aliphatic heterocycles. The summed E-state index contributed by atoms with van der Waals surface area (Å²) >= 11 is 1.84. The minimum Gasteiger partial charge on any atom is -0.366 e. The van der Waals surface area contributed by atoms with E-state index in [0.29, 0.717) is 19.7 Å². The van der Waals surface area contributed by atoms with Gasteiger partial charge in [-0.1, -0.05) is 42.5 Å². The predicted octanol–water partition coefficient (Wildman–Crippen LogP) is 2.18. The maximum Gasteiger partial charge on any atom is 0.250 e. The van der Waals surface area contributed by atoms with Crippen molar-refractivity contribution in [1.29, 1.82) is 0 Å². The number of ether oxygens (including phenoxy) is 1. The Hall–Kier alpha value is -1.56. The van der Waals surface area contributed by atoms with E-state index in [1.54, 1.807) is 0 Å². The molecule has 1 saturated heterocycles. The first-order chi connectivity index (χ1) is 11.3. The summed E-state index contributed by atoms with van der Waals surface area (Å²) < 4.78 is 5.43. The Balaban J connectivity index is 1.42. The van der Waals surface area contributed by atoms with Crippen LogP contribution in [0.2, 0.25) is 0 Å². The summed E-state index contributed by atoms with van der Waals surface area (Å²) in [7, 11) is 0. The zero-order valence-corrected chi connectivity index (χ0v) is 13.9. The van der Waals surface area contributed by atoms with E-state index in [1.165, 1.54) is 16.3 Å². The molecule has 3 rings (SSSR count). The number of nitrogens with one attached hydrogen (secondary N) is 2. The molecule has 0 radical (unpaired) electrons. The van der Waals surface area contributed by atoms with Crippen molar-refractivity contribution in [1.82, 2.24) is 10.6 Å². The highest BCUT2D eigenvalue weighted by Gasteiger charge is 2.20. The molecule has 0 spiro atoms. The van der Waals surface area contributed by atoms with Gasteiger partial charge in [-0.05, 0) is 16.3 Å². The number of benzene rings is 2. The molecule has 2 aromatic carbocycles. The molecule has 0 saturated carbocycles. The first kappa shape index (κ1) is 16.3. The number of amides is 1. The number of hydrogen-bond acceptors (Lipinski definition) is 4. The van der Waals surface area contributed by atoms with Crippen LogP contribution in [0.15, 0.2) is 42.5 Å². The molecule has 5 heteroatoms. The molecular formula is C18H22N2O2S. The lowest BCUT2D eigenvalue weighted by Gasteiger charge is -2.22. The van der Waals surface area contributed by atoms with E-state index < -0.39 is 0 Å². The maximum atomic E-state index is 11.9. The monoisotopic (exact) mass is 330 g/mol. The quantitative estimate of drug-likeness (QED) is 0.797. The van der Waals surface area contributed by atoms with Crippen molar-refractivity contribution in [3.63, 3.8) is 0 Å². The summed E-state index contributed by atoms with van der Waals surface area (Å²) in [4.78, 5) is 11.9. The number of carbonyl (C=O) groups excluding carboxylic acids is 1. The van der Waals surface area contributed by atoms with Crippen LogP contribution in [0.3, 0.4) is 0 Å². The molecule has 1 aliphatic rings. The number of carbonyl (C=O) groups is 1. The van der Waals surface area contributed by atoms with Crippen molar-refractivity contribution >= 4 is 28.4 Å². The summed E-state index contributed by atoms with van der Waals surface area (Å²) in [6.07, 6.45) is -0.341. The molecule has 0 aliphatic carbocycles. The van der Waals surface area contributed by atoms with Gasteiger partial charge in [-0.3, -0.25) is 4.79 Å². The third kappa shape index (κ3) is 4.47. The topological polar surface area (TPSA) is 50.4 Å². The molecule has 4 nitrogen and oxygen atoms in total. The van der Waals surface area contributed by atoms with Gasteiger partial charge in [-0.2, -0.15) is 11.8 Å². The average molecular weight is 330 g/mol. The Bertz CT molecular complexity index is 651. The van der Waals surface area contributed by atoms with Gasteiger partial charge >= 0.3 is 0 Å². The molecule has 122 valence electrons. The minimum absolute atomic E-state index is 0.0111. The van der Waals surface area contributed by atoms with Crippen molar-refractivity contribution in [2.45, 2.75) is 11.9 Å². The second-order valence-electron chi connectivity index (χ2n) is 5.55. The zero-order valence-electron chi connectivity index (χ0n) is 13.1. The van der Waals surface area contributed by atoms with Crippen molar-refractivity contribution < 1.29 is 9.53 Å². The van der Waals surface area contributed by atoms with Gasteiger partial charge in [0.2, 0.25) is 5.91 Å². The largest absolute Gasteiger partial charge is 0.366 e. The Kier molecular flexibility index (Phi) is 5.91.